The fourth-order valence-electron chi connectivity index (χ4n) is 3.66. The van der Waals surface area contributed by atoms with Crippen molar-refractivity contribution in [3.05, 3.63) is 42.6 Å². The first-order valence-electron chi connectivity index (χ1n) is 13.0. The third-order valence-electron chi connectivity index (χ3n) is 7.42. The Balaban J connectivity index is 0.000000222. The molecule has 8 nitrogen and oxygen atoms in total. The predicted molar refractivity (Wildman–Crippen MR) is 148 cm³/mol. The maximum absolute atomic E-state index is 12.0. The Bertz CT molecular complexity index is 1140. The monoisotopic (exact) mass is 564 g/mol. The molecule has 4 rings (SSSR count). The molecule has 2 aliphatic heterocycles. The Morgan fingerprint density at radius 2 is 1.23 bits per heavy atom. The molecule has 13 heteroatoms. The van der Waals surface area contributed by atoms with Crippen molar-refractivity contribution in [3.8, 4) is 5.88 Å². The summed E-state index contributed by atoms with van der Waals surface area (Å²) in [6, 6.07) is 10.5. The van der Waals surface area contributed by atoms with Crippen LogP contribution in [0.4, 0.5) is 18.9 Å². The summed E-state index contributed by atoms with van der Waals surface area (Å²) in [5, 5.41) is 2.73. The van der Waals surface area contributed by atoms with Crippen LogP contribution in [-0.4, -0.2) is 60.3 Å². The van der Waals surface area contributed by atoms with Gasteiger partial charge in [0.15, 0.2) is 6.61 Å². The molecule has 3 heterocycles. The minimum Gasteiger partial charge on any atom is -0.468 e. The van der Waals surface area contributed by atoms with Crippen LogP contribution in [0.5, 0.6) is 5.88 Å². The molecule has 0 saturated carbocycles. The fourth-order valence-corrected chi connectivity index (χ4v) is 3.66. The summed E-state index contributed by atoms with van der Waals surface area (Å²) in [4.78, 5) is 14.8. The molecule has 0 bridgehead atoms. The highest BCUT2D eigenvalue weighted by Crippen LogP contribution is 2.37. The molecule has 0 unspecified atom stereocenters. The molecule has 218 valence electrons. The van der Waals surface area contributed by atoms with Gasteiger partial charge >= 0.3 is 20.4 Å². The normalized spacial score (nSPS) is 20.5. The number of carbonyl (C=O) groups is 1. The zero-order valence-corrected chi connectivity index (χ0v) is 24.4. The van der Waals surface area contributed by atoms with Crippen molar-refractivity contribution in [1.29, 1.82) is 0 Å². The van der Waals surface area contributed by atoms with Crippen LogP contribution in [0.2, 0.25) is 0 Å². The summed E-state index contributed by atoms with van der Waals surface area (Å²) < 4.78 is 64.3. The third-order valence-corrected chi connectivity index (χ3v) is 7.42. The number of nitrogens with one attached hydrogen (secondary N) is 1. The summed E-state index contributed by atoms with van der Waals surface area (Å²) in [7, 11) is -0.962. The summed E-state index contributed by atoms with van der Waals surface area (Å²) in [6.07, 6.45) is -2.99. The van der Waals surface area contributed by atoms with Gasteiger partial charge < -0.3 is 28.7 Å². The van der Waals surface area contributed by atoms with Crippen molar-refractivity contribution >= 4 is 36.8 Å². The fraction of sp³-hybridized carbons (Fsp3) is 0.556. The van der Waals surface area contributed by atoms with Gasteiger partial charge in [0.2, 0.25) is 11.8 Å². The number of carbonyl (C=O) groups excluding carboxylic acids is 1. The number of aromatic nitrogens is 1. The lowest BCUT2D eigenvalue weighted by molar-refractivity contribution is -0.154. The van der Waals surface area contributed by atoms with Crippen molar-refractivity contribution < 1.29 is 41.3 Å². The van der Waals surface area contributed by atoms with E-state index in [4.69, 9.17) is 18.6 Å². The number of anilines is 1. The average molecular weight is 564 g/mol. The standard InChI is InChI=1S/C14H20BNO3.C13H17BF3NO3/c1-10(17)16-12-8-6-11(7-9-12)15-18-13(2,3)14(4,5)19-15;1-11(2)12(3,4)21-14(20-11)9-5-6-10(18-7-9)19-8-13(15,16)17/h6-9H,1-5H3,(H,16,17);5-7H,8H2,1-4H3. The number of alkyl halides is 3. The van der Waals surface area contributed by atoms with Crippen LogP contribution in [0.15, 0.2) is 42.6 Å². The Morgan fingerprint density at radius 3 is 1.60 bits per heavy atom. The first kappa shape index (κ1) is 31.9. The smallest absolute Gasteiger partial charge is 0.468 e. The highest BCUT2D eigenvalue weighted by atomic mass is 19.4. The molecular weight excluding hydrogens is 527 g/mol. The van der Waals surface area contributed by atoms with E-state index in [-0.39, 0.29) is 30.1 Å². The van der Waals surface area contributed by atoms with Gasteiger partial charge in [-0.3, -0.25) is 4.79 Å². The van der Waals surface area contributed by atoms with E-state index in [0.29, 0.717) is 5.46 Å². The van der Waals surface area contributed by atoms with Crippen LogP contribution in [0, 0.1) is 0 Å². The maximum Gasteiger partial charge on any atom is 0.496 e. The highest BCUT2D eigenvalue weighted by Gasteiger charge is 2.52. The van der Waals surface area contributed by atoms with Gasteiger partial charge in [-0.25, -0.2) is 4.98 Å². The Hall–Kier alpha value is -2.60. The molecule has 2 aromatic rings. The number of hydrogen-bond acceptors (Lipinski definition) is 7. The molecule has 1 aromatic heterocycles. The van der Waals surface area contributed by atoms with E-state index >= 15 is 0 Å². The third kappa shape index (κ3) is 7.78. The second-order valence-electron chi connectivity index (χ2n) is 11.8. The largest absolute Gasteiger partial charge is 0.496 e. The van der Waals surface area contributed by atoms with Gasteiger partial charge in [0.1, 0.15) is 0 Å². The van der Waals surface area contributed by atoms with Crippen LogP contribution in [-0.2, 0) is 23.4 Å². The first-order valence-corrected chi connectivity index (χ1v) is 13.0. The second kappa shape index (κ2) is 11.3. The number of pyridine rings is 1. The zero-order valence-electron chi connectivity index (χ0n) is 24.4. The average Bonchev–Trinajstić information content (AvgIpc) is 3.17. The number of nitrogens with zero attached hydrogens (tertiary/aromatic N) is 1. The number of hydrogen-bond donors (Lipinski definition) is 1. The van der Waals surface area contributed by atoms with Crippen molar-refractivity contribution in [1.82, 2.24) is 4.98 Å². The van der Waals surface area contributed by atoms with Crippen molar-refractivity contribution in [3.63, 3.8) is 0 Å². The van der Waals surface area contributed by atoms with Gasteiger partial charge in [-0.05, 0) is 79.1 Å². The van der Waals surface area contributed by atoms with Crippen molar-refractivity contribution in [2.45, 2.75) is 90.9 Å². The van der Waals surface area contributed by atoms with E-state index in [9.17, 15) is 18.0 Å². The molecule has 0 atom stereocenters. The van der Waals surface area contributed by atoms with Gasteiger partial charge in [-0.2, -0.15) is 13.2 Å². The molecule has 2 aliphatic rings. The van der Waals surface area contributed by atoms with E-state index in [0.717, 1.165) is 11.2 Å². The van der Waals surface area contributed by atoms with Crippen LogP contribution in [0.1, 0.15) is 62.3 Å². The Morgan fingerprint density at radius 1 is 0.800 bits per heavy atom. The molecule has 0 spiro atoms. The zero-order chi connectivity index (χ0) is 30.1. The molecule has 0 aliphatic carbocycles. The summed E-state index contributed by atoms with van der Waals surface area (Å²) in [5.41, 5.74) is 0.710. The quantitative estimate of drug-likeness (QED) is 0.544. The number of amides is 1. The highest BCUT2D eigenvalue weighted by molar-refractivity contribution is 6.62. The van der Waals surface area contributed by atoms with Crippen LogP contribution < -0.4 is 21.0 Å². The molecule has 1 aromatic carbocycles. The van der Waals surface area contributed by atoms with E-state index in [2.05, 4.69) is 15.0 Å². The number of benzene rings is 1. The SMILES string of the molecule is CC(=O)Nc1ccc(B2OC(C)(C)C(C)(C)O2)cc1.CC1(C)OB(c2ccc(OCC(F)(F)F)nc2)OC1(C)C. The molecule has 2 saturated heterocycles. The Labute approximate surface area is 234 Å². The van der Waals surface area contributed by atoms with E-state index < -0.39 is 31.1 Å². The summed E-state index contributed by atoms with van der Waals surface area (Å²) in [6.45, 7) is 15.9. The van der Waals surface area contributed by atoms with Crippen molar-refractivity contribution in [2.75, 3.05) is 11.9 Å². The lowest BCUT2D eigenvalue weighted by atomic mass is 9.79. The first-order chi connectivity index (χ1) is 18.2. The van der Waals surface area contributed by atoms with E-state index in [1.807, 2.05) is 79.7 Å². The molecule has 40 heavy (non-hydrogen) atoms. The molecular formula is C27H37B2F3N2O6. The van der Waals surface area contributed by atoms with Crippen LogP contribution in [0.25, 0.3) is 0 Å². The molecule has 0 radical (unpaired) electrons. The maximum atomic E-state index is 12.0. The molecule has 2 fully saturated rings. The molecule has 1 N–H and O–H groups in total. The Kier molecular flexibility index (Phi) is 9.06. The predicted octanol–water partition coefficient (Wildman–Crippen LogP) is 4.27. The van der Waals surface area contributed by atoms with Crippen LogP contribution in [0.3, 0.4) is 0 Å². The van der Waals surface area contributed by atoms with Gasteiger partial charge in [-0.1, -0.05) is 18.2 Å². The summed E-state index contributed by atoms with van der Waals surface area (Å²) in [5.74, 6) is -0.170. The second-order valence-corrected chi connectivity index (χ2v) is 11.8. The molecule has 1 amide bonds. The minimum absolute atomic E-state index is 0.0802. The van der Waals surface area contributed by atoms with Gasteiger partial charge in [0, 0.05) is 24.3 Å². The lowest BCUT2D eigenvalue weighted by Gasteiger charge is -2.32. The van der Waals surface area contributed by atoms with Crippen LogP contribution >= 0.6 is 0 Å². The number of rotatable bonds is 5. The van der Waals surface area contributed by atoms with E-state index in [1.54, 1.807) is 6.07 Å². The van der Waals surface area contributed by atoms with Gasteiger partial charge in [0.05, 0.1) is 22.4 Å². The van der Waals surface area contributed by atoms with Gasteiger partial charge in [-0.15, -0.1) is 0 Å². The van der Waals surface area contributed by atoms with E-state index in [1.165, 1.54) is 19.2 Å². The topological polar surface area (TPSA) is 88.1 Å². The van der Waals surface area contributed by atoms with Gasteiger partial charge in [0.25, 0.3) is 0 Å². The summed E-state index contributed by atoms with van der Waals surface area (Å²) >= 11 is 0. The number of halogens is 3. The number of ether oxygens (including phenoxy) is 1. The lowest BCUT2D eigenvalue weighted by Crippen LogP contribution is -2.41. The van der Waals surface area contributed by atoms with Crippen molar-refractivity contribution in [2.24, 2.45) is 0 Å². The minimum atomic E-state index is -4.38.